The van der Waals surface area contributed by atoms with Crippen molar-refractivity contribution in [3.05, 3.63) is 51.2 Å². The van der Waals surface area contributed by atoms with E-state index in [0.29, 0.717) is 6.04 Å². The average molecular weight is 359 g/mol. The predicted octanol–water partition coefficient (Wildman–Crippen LogP) is 5.36. The monoisotopic (exact) mass is 357 g/mol. The van der Waals surface area contributed by atoms with E-state index in [-0.39, 0.29) is 0 Å². The summed E-state index contributed by atoms with van der Waals surface area (Å²) < 4.78 is 0. The standard InChI is InChI=1S/C15H17BrClNS/c1-11(8-14-4-3-7-19-14)18(2)15-9-13(17)6-5-12(15)10-16/h3-7,9,11H,8,10H2,1-2H3. The number of hydrogen-bond donors (Lipinski definition) is 0. The minimum atomic E-state index is 0.440. The molecule has 0 saturated carbocycles. The summed E-state index contributed by atoms with van der Waals surface area (Å²) in [6.07, 6.45) is 1.06. The lowest BCUT2D eigenvalue weighted by atomic mass is 10.1. The first-order chi connectivity index (χ1) is 9.11. The van der Waals surface area contributed by atoms with E-state index in [1.54, 1.807) is 0 Å². The molecule has 0 saturated heterocycles. The Labute approximate surface area is 132 Å². The summed E-state index contributed by atoms with van der Waals surface area (Å²) in [5.41, 5.74) is 2.47. The van der Waals surface area contributed by atoms with Crippen LogP contribution in [-0.2, 0) is 11.8 Å². The average Bonchev–Trinajstić information content (AvgIpc) is 2.90. The van der Waals surface area contributed by atoms with E-state index in [2.05, 4.69) is 58.4 Å². The molecule has 4 heteroatoms. The number of anilines is 1. The molecular formula is C15H17BrClNS. The number of benzene rings is 1. The van der Waals surface area contributed by atoms with Crippen LogP contribution in [0.5, 0.6) is 0 Å². The van der Waals surface area contributed by atoms with Crippen LogP contribution in [0.15, 0.2) is 35.7 Å². The van der Waals surface area contributed by atoms with E-state index >= 15 is 0 Å². The lowest BCUT2D eigenvalue weighted by Gasteiger charge is -2.28. The van der Waals surface area contributed by atoms with Gasteiger partial charge in [-0.25, -0.2) is 0 Å². The highest BCUT2D eigenvalue weighted by Gasteiger charge is 2.14. The molecule has 2 aromatic rings. The van der Waals surface area contributed by atoms with Gasteiger partial charge in [0.15, 0.2) is 0 Å². The topological polar surface area (TPSA) is 3.24 Å². The van der Waals surface area contributed by atoms with Gasteiger partial charge < -0.3 is 4.90 Å². The van der Waals surface area contributed by atoms with Gasteiger partial charge in [-0.3, -0.25) is 0 Å². The fourth-order valence-corrected chi connectivity index (χ4v) is 3.54. The van der Waals surface area contributed by atoms with E-state index < -0.39 is 0 Å². The minimum absolute atomic E-state index is 0.440. The number of halogens is 2. The normalized spacial score (nSPS) is 12.4. The lowest BCUT2D eigenvalue weighted by molar-refractivity contribution is 0.686. The third-order valence-electron chi connectivity index (χ3n) is 3.31. The third kappa shape index (κ3) is 3.74. The molecule has 0 aliphatic rings. The van der Waals surface area contributed by atoms with Crippen molar-refractivity contribution in [2.75, 3.05) is 11.9 Å². The maximum Gasteiger partial charge on any atom is 0.0426 e. The molecule has 0 spiro atoms. The van der Waals surface area contributed by atoms with Crippen molar-refractivity contribution in [3.8, 4) is 0 Å². The zero-order valence-electron chi connectivity index (χ0n) is 11.1. The van der Waals surface area contributed by atoms with E-state index in [9.17, 15) is 0 Å². The van der Waals surface area contributed by atoms with Gasteiger partial charge in [-0.2, -0.15) is 0 Å². The molecule has 2 rings (SSSR count). The summed E-state index contributed by atoms with van der Waals surface area (Å²) in [4.78, 5) is 3.73. The van der Waals surface area contributed by atoms with Gasteiger partial charge in [0.25, 0.3) is 0 Å². The van der Waals surface area contributed by atoms with E-state index in [0.717, 1.165) is 16.8 Å². The fraction of sp³-hybridized carbons (Fsp3) is 0.333. The second kappa shape index (κ2) is 6.78. The first-order valence-corrected chi connectivity index (χ1v) is 8.59. The fourth-order valence-electron chi connectivity index (χ4n) is 2.07. The molecule has 1 unspecified atom stereocenters. The molecule has 1 heterocycles. The zero-order valence-corrected chi connectivity index (χ0v) is 14.2. The SMILES string of the molecule is CC(Cc1cccs1)N(C)c1cc(Cl)ccc1CBr. The molecule has 0 amide bonds. The van der Waals surface area contributed by atoms with Gasteiger partial charge >= 0.3 is 0 Å². The highest BCUT2D eigenvalue weighted by atomic mass is 79.9. The second-order valence-electron chi connectivity index (χ2n) is 4.65. The Morgan fingerprint density at radius 3 is 2.79 bits per heavy atom. The smallest absolute Gasteiger partial charge is 0.0426 e. The summed E-state index contributed by atoms with van der Waals surface area (Å²) in [5, 5.41) is 3.76. The number of thiophene rings is 1. The van der Waals surface area contributed by atoms with Crippen molar-refractivity contribution >= 4 is 44.6 Å². The molecule has 1 aromatic carbocycles. The summed E-state index contributed by atoms with van der Waals surface area (Å²) in [5.74, 6) is 0. The van der Waals surface area contributed by atoms with Gasteiger partial charge in [-0.05, 0) is 36.1 Å². The number of alkyl halides is 1. The second-order valence-corrected chi connectivity index (χ2v) is 6.68. The Balaban J connectivity index is 2.18. The molecule has 0 bridgehead atoms. The molecule has 0 N–H and O–H groups in total. The van der Waals surface area contributed by atoms with Crippen molar-refractivity contribution in [1.29, 1.82) is 0 Å². The van der Waals surface area contributed by atoms with Crippen molar-refractivity contribution in [3.63, 3.8) is 0 Å². The third-order valence-corrected chi connectivity index (χ3v) is 5.05. The van der Waals surface area contributed by atoms with Crippen LogP contribution in [0.1, 0.15) is 17.4 Å². The quantitative estimate of drug-likeness (QED) is 0.650. The van der Waals surface area contributed by atoms with Crippen LogP contribution in [0.4, 0.5) is 5.69 Å². The van der Waals surface area contributed by atoms with Crippen LogP contribution in [0.2, 0.25) is 5.02 Å². The van der Waals surface area contributed by atoms with Gasteiger partial charge in [0.1, 0.15) is 0 Å². The molecule has 1 aromatic heterocycles. The van der Waals surface area contributed by atoms with Crippen LogP contribution in [-0.4, -0.2) is 13.1 Å². The van der Waals surface area contributed by atoms with Crippen molar-refractivity contribution in [2.24, 2.45) is 0 Å². The molecule has 1 nitrogen and oxygen atoms in total. The Morgan fingerprint density at radius 1 is 1.37 bits per heavy atom. The largest absolute Gasteiger partial charge is 0.371 e. The van der Waals surface area contributed by atoms with E-state index in [1.165, 1.54) is 16.1 Å². The molecule has 102 valence electrons. The van der Waals surface area contributed by atoms with Gasteiger partial charge in [-0.15, -0.1) is 11.3 Å². The first-order valence-electron chi connectivity index (χ1n) is 6.21. The van der Waals surface area contributed by atoms with Crippen LogP contribution in [0.3, 0.4) is 0 Å². The molecule has 0 aliphatic carbocycles. The Hall–Kier alpha value is -0.510. The molecule has 19 heavy (non-hydrogen) atoms. The van der Waals surface area contributed by atoms with Crippen molar-refractivity contribution in [1.82, 2.24) is 0 Å². The summed E-state index contributed by atoms with van der Waals surface area (Å²) in [6, 6.07) is 10.8. The molecule has 0 aliphatic heterocycles. The van der Waals surface area contributed by atoms with Crippen LogP contribution < -0.4 is 4.90 Å². The van der Waals surface area contributed by atoms with Crippen LogP contribution in [0, 0.1) is 0 Å². The van der Waals surface area contributed by atoms with Crippen LogP contribution >= 0.6 is 38.9 Å². The number of hydrogen-bond acceptors (Lipinski definition) is 2. The highest BCUT2D eigenvalue weighted by Crippen LogP contribution is 2.28. The van der Waals surface area contributed by atoms with Gasteiger partial charge in [0, 0.05) is 40.4 Å². The van der Waals surface area contributed by atoms with Crippen molar-refractivity contribution < 1.29 is 0 Å². The molecule has 1 atom stereocenters. The van der Waals surface area contributed by atoms with Gasteiger partial charge in [0.2, 0.25) is 0 Å². The maximum atomic E-state index is 6.13. The number of nitrogens with zero attached hydrogens (tertiary/aromatic N) is 1. The van der Waals surface area contributed by atoms with Crippen LogP contribution in [0.25, 0.3) is 0 Å². The molecular weight excluding hydrogens is 342 g/mol. The molecule has 0 radical (unpaired) electrons. The Morgan fingerprint density at radius 2 is 2.16 bits per heavy atom. The number of likely N-dealkylation sites (N-methyl/N-ethyl adjacent to an activating group) is 1. The van der Waals surface area contributed by atoms with Crippen molar-refractivity contribution in [2.45, 2.75) is 24.7 Å². The van der Waals surface area contributed by atoms with E-state index in [1.807, 2.05) is 23.5 Å². The maximum absolute atomic E-state index is 6.13. The van der Waals surface area contributed by atoms with Gasteiger partial charge in [0.05, 0.1) is 0 Å². The predicted molar refractivity (Wildman–Crippen MR) is 90.0 cm³/mol. The zero-order chi connectivity index (χ0) is 13.8. The van der Waals surface area contributed by atoms with Gasteiger partial charge in [-0.1, -0.05) is 39.7 Å². The molecule has 0 fully saturated rings. The lowest BCUT2D eigenvalue weighted by Crippen LogP contribution is -2.31. The number of rotatable bonds is 5. The van der Waals surface area contributed by atoms with E-state index in [4.69, 9.17) is 11.6 Å². The minimum Gasteiger partial charge on any atom is -0.371 e. The first kappa shape index (κ1) is 14.9. The Bertz CT molecular complexity index is 527. The highest BCUT2D eigenvalue weighted by molar-refractivity contribution is 9.08. The summed E-state index contributed by atoms with van der Waals surface area (Å²) in [7, 11) is 2.14. The summed E-state index contributed by atoms with van der Waals surface area (Å²) in [6.45, 7) is 2.25. The summed E-state index contributed by atoms with van der Waals surface area (Å²) >= 11 is 11.5. The Kier molecular flexibility index (Phi) is 5.31.